The lowest BCUT2D eigenvalue weighted by atomic mass is 9.82. The number of allylic oxidation sites excluding steroid dienone is 2. The molecule has 5 rings (SSSR count). The van der Waals surface area contributed by atoms with Gasteiger partial charge >= 0.3 is 5.97 Å². The van der Waals surface area contributed by atoms with Crippen LogP contribution in [-0.4, -0.2) is 39.9 Å². The molecule has 1 heterocycles. The summed E-state index contributed by atoms with van der Waals surface area (Å²) < 4.78 is 5.32. The van der Waals surface area contributed by atoms with E-state index in [4.69, 9.17) is 4.74 Å². The molecule has 33 heavy (non-hydrogen) atoms. The summed E-state index contributed by atoms with van der Waals surface area (Å²) >= 11 is 0. The minimum Gasteiger partial charge on any atom is -0.466 e. The number of rotatable bonds is 5. The van der Waals surface area contributed by atoms with Crippen molar-refractivity contribution in [2.75, 3.05) is 6.61 Å². The predicted octanol–water partition coefficient (Wildman–Crippen LogP) is 4.10. The van der Waals surface area contributed by atoms with Crippen molar-refractivity contribution in [3.63, 3.8) is 0 Å². The molecule has 6 heteroatoms. The zero-order chi connectivity index (χ0) is 23.3. The largest absolute Gasteiger partial charge is 0.466 e. The Morgan fingerprint density at radius 1 is 1.03 bits per heavy atom. The van der Waals surface area contributed by atoms with E-state index < -0.39 is 17.4 Å². The van der Waals surface area contributed by atoms with E-state index in [2.05, 4.69) is 18.2 Å². The van der Waals surface area contributed by atoms with Gasteiger partial charge in [-0.25, -0.2) is 10.0 Å². The first-order valence-electron chi connectivity index (χ1n) is 11.8. The average molecular weight is 447 g/mol. The molecule has 1 saturated carbocycles. The lowest BCUT2D eigenvalue weighted by Crippen LogP contribution is -2.53. The van der Waals surface area contributed by atoms with Crippen molar-refractivity contribution in [3.05, 3.63) is 60.2 Å². The summed E-state index contributed by atoms with van der Waals surface area (Å²) in [6.07, 6.45) is 5.07. The van der Waals surface area contributed by atoms with Crippen LogP contribution < -0.4 is 0 Å². The Labute approximate surface area is 194 Å². The van der Waals surface area contributed by atoms with Crippen molar-refractivity contribution in [3.8, 4) is 0 Å². The van der Waals surface area contributed by atoms with Crippen LogP contribution in [0, 0.1) is 23.7 Å². The second kappa shape index (κ2) is 8.10. The number of carbonyl (C=O) groups excluding carboxylic acids is 3. The summed E-state index contributed by atoms with van der Waals surface area (Å²) in [7, 11) is 0. The van der Waals surface area contributed by atoms with Gasteiger partial charge in [-0.15, -0.1) is 0 Å². The van der Waals surface area contributed by atoms with Crippen molar-refractivity contribution >= 4 is 28.6 Å². The van der Waals surface area contributed by atoms with Gasteiger partial charge in [0.2, 0.25) is 11.8 Å². The highest BCUT2D eigenvalue weighted by molar-refractivity contribution is 6.00. The second-order valence-electron chi connectivity index (χ2n) is 9.98. The Morgan fingerprint density at radius 3 is 2.48 bits per heavy atom. The van der Waals surface area contributed by atoms with Gasteiger partial charge in [0.05, 0.1) is 18.4 Å². The van der Waals surface area contributed by atoms with Crippen LogP contribution in [0.15, 0.2) is 54.6 Å². The monoisotopic (exact) mass is 446 g/mol. The van der Waals surface area contributed by atoms with E-state index in [0.29, 0.717) is 6.54 Å². The van der Waals surface area contributed by atoms with Crippen LogP contribution in [0.25, 0.3) is 10.8 Å². The number of hydrogen-bond donors (Lipinski definition) is 0. The standard InChI is InChI=1S/C27H30N2O4/c1-4-33-26(32)24-19-13-12-18(14-19)23(24)25(31)29-22(30)15-27(2,3)28(29)16-20-10-7-9-17-8-5-6-11-21(17)20/h5-13,18-19,23-24H,4,14-16H2,1-3H3/t18-,19+,23-,24?/m1/s1. The van der Waals surface area contributed by atoms with Crippen LogP contribution >= 0.6 is 0 Å². The van der Waals surface area contributed by atoms with E-state index in [9.17, 15) is 14.4 Å². The highest BCUT2D eigenvalue weighted by Crippen LogP contribution is 2.50. The number of ether oxygens (including phenoxy) is 1. The molecular formula is C27H30N2O4. The molecule has 6 nitrogen and oxygen atoms in total. The lowest BCUT2D eigenvalue weighted by molar-refractivity contribution is -0.170. The Morgan fingerprint density at radius 2 is 1.73 bits per heavy atom. The van der Waals surface area contributed by atoms with Crippen LogP contribution in [-0.2, 0) is 25.7 Å². The first kappa shape index (κ1) is 21.8. The molecule has 2 fully saturated rings. The molecule has 2 aromatic carbocycles. The molecule has 3 aliphatic rings. The predicted molar refractivity (Wildman–Crippen MR) is 124 cm³/mol. The van der Waals surface area contributed by atoms with Gasteiger partial charge < -0.3 is 4.74 Å². The number of carbonyl (C=O) groups is 3. The van der Waals surface area contributed by atoms with Crippen molar-refractivity contribution < 1.29 is 19.1 Å². The first-order valence-corrected chi connectivity index (χ1v) is 11.8. The van der Waals surface area contributed by atoms with E-state index in [1.807, 2.05) is 55.3 Å². The Balaban J connectivity index is 1.49. The van der Waals surface area contributed by atoms with Crippen LogP contribution in [0.3, 0.4) is 0 Å². The summed E-state index contributed by atoms with van der Waals surface area (Å²) in [5, 5.41) is 5.47. The van der Waals surface area contributed by atoms with Crippen molar-refractivity contribution in [2.45, 2.75) is 45.7 Å². The molecule has 172 valence electrons. The quantitative estimate of drug-likeness (QED) is 0.393. The maximum atomic E-state index is 13.9. The SMILES string of the molecule is CCOC(=O)C1[C@H]2C=C[C@H](C2)[C@H]1C(=O)N1C(=O)CC(C)(C)N1Cc1cccc2ccccc12. The maximum absolute atomic E-state index is 13.9. The third-order valence-electron chi connectivity index (χ3n) is 7.47. The van der Waals surface area contributed by atoms with Gasteiger partial charge in [-0.3, -0.25) is 14.4 Å². The molecule has 4 atom stereocenters. The van der Waals surface area contributed by atoms with Gasteiger partial charge in [0.25, 0.3) is 0 Å². The second-order valence-corrected chi connectivity index (χ2v) is 9.98. The van der Waals surface area contributed by atoms with Gasteiger partial charge in [-0.05, 0) is 55.4 Å². The molecule has 1 unspecified atom stereocenters. The molecule has 2 amide bonds. The number of hydrazine groups is 1. The number of fused-ring (bicyclic) bond motifs is 3. The van der Waals surface area contributed by atoms with E-state index in [0.717, 1.165) is 22.8 Å². The van der Waals surface area contributed by atoms with Gasteiger partial charge in [-0.1, -0.05) is 54.6 Å². The fourth-order valence-electron chi connectivity index (χ4n) is 5.92. The fraction of sp³-hybridized carbons (Fsp3) is 0.444. The maximum Gasteiger partial charge on any atom is 0.310 e. The molecular weight excluding hydrogens is 416 g/mol. The number of hydrogen-bond acceptors (Lipinski definition) is 5. The number of amides is 2. The Kier molecular flexibility index (Phi) is 5.36. The summed E-state index contributed by atoms with van der Waals surface area (Å²) in [5.74, 6) is -1.94. The lowest BCUT2D eigenvalue weighted by Gasteiger charge is -2.38. The van der Waals surface area contributed by atoms with Gasteiger partial charge in [0, 0.05) is 18.5 Å². The summed E-state index contributed by atoms with van der Waals surface area (Å²) in [4.78, 5) is 39.9. The van der Waals surface area contributed by atoms with Crippen LogP contribution in [0.4, 0.5) is 0 Å². The molecule has 2 aliphatic carbocycles. The zero-order valence-electron chi connectivity index (χ0n) is 19.4. The number of benzene rings is 2. The number of imide groups is 1. The van der Waals surface area contributed by atoms with Crippen molar-refractivity contribution in [2.24, 2.45) is 23.7 Å². The molecule has 1 saturated heterocycles. The van der Waals surface area contributed by atoms with E-state index in [1.165, 1.54) is 5.01 Å². The third-order valence-corrected chi connectivity index (χ3v) is 7.47. The topological polar surface area (TPSA) is 66.9 Å². The van der Waals surface area contributed by atoms with E-state index in [1.54, 1.807) is 6.92 Å². The van der Waals surface area contributed by atoms with Crippen molar-refractivity contribution in [1.29, 1.82) is 0 Å². The number of esters is 1. The minimum absolute atomic E-state index is 0.000215. The van der Waals surface area contributed by atoms with Gasteiger partial charge in [0.1, 0.15) is 0 Å². The highest BCUT2D eigenvalue weighted by atomic mass is 16.5. The minimum atomic E-state index is -0.563. The molecule has 2 bridgehead atoms. The molecule has 0 aromatic heterocycles. The highest BCUT2D eigenvalue weighted by Gasteiger charge is 2.57. The summed E-state index contributed by atoms with van der Waals surface area (Å²) in [6.45, 7) is 6.47. The molecule has 0 N–H and O–H groups in total. The average Bonchev–Trinajstić information content (AvgIpc) is 3.45. The van der Waals surface area contributed by atoms with Crippen LogP contribution in [0.1, 0.15) is 39.2 Å². The number of nitrogens with zero attached hydrogens (tertiary/aromatic N) is 2. The molecule has 2 aromatic rings. The smallest absolute Gasteiger partial charge is 0.310 e. The molecule has 0 spiro atoms. The van der Waals surface area contributed by atoms with E-state index >= 15 is 0 Å². The van der Waals surface area contributed by atoms with Gasteiger partial charge in [0.15, 0.2) is 0 Å². The first-order chi connectivity index (χ1) is 15.8. The molecule has 1 aliphatic heterocycles. The van der Waals surface area contributed by atoms with E-state index in [-0.39, 0.29) is 42.6 Å². The summed E-state index contributed by atoms with van der Waals surface area (Å²) in [5.41, 5.74) is 0.541. The van der Waals surface area contributed by atoms with Crippen molar-refractivity contribution in [1.82, 2.24) is 10.0 Å². The normalized spacial score (nSPS) is 28.1. The fourth-order valence-corrected chi connectivity index (χ4v) is 5.92. The van der Waals surface area contributed by atoms with Crippen LogP contribution in [0.5, 0.6) is 0 Å². The zero-order valence-corrected chi connectivity index (χ0v) is 19.4. The third kappa shape index (κ3) is 3.57. The Bertz CT molecular complexity index is 1150. The summed E-state index contributed by atoms with van der Waals surface area (Å²) in [6, 6.07) is 14.3. The Hall–Kier alpha value is -2.99. The molecule has 0 radical (unpaired) electrons. The van der Waals surface area contributed by atoms with Gasteiger partial charge in [-0.2, -0.15) is 0 Å². The van der Waals surface area contributed by atoms with Crippen LogP contribution in [0.2, 0.25) is 0 Å².